The van der Waals surface area contributed by atoms with Crippen molar-refractivity contribution in [1.82, 2.24) is 10.2 Å². The van der Waals surface area contributed by atoms with Crippen LogP contribution in [0, 0.1) is 5.92 Å². The molecule has 1 saturated heterocycles. The Balaban J connectivity index is 1.87. The fraction of sp³-hybridized carbons (Fsp3) is 0.647. The largest absolute Gasteiger partial charge is 0.504 e. The minimum atomic E-state index is 0.300. The number of phenolic OH excluding ortho intramolecular Hbond substituents is 1. The summed E-state index contributed by atoms with van der Waals surface area (Å²) in [5.41, 5.74) is 0.964. The van der Waals surface area contributed by atoms with E-state index in [1.54, 1.807) is 0 Å². The average molecular weight is 292 g/mol. The summed E-state index contributed by atoms with van der Waals surface area (Å²) in [6.07, 6.45) is 2.47. The van der Waals surface area contributed by atoms with Crippen LogP contribution in [-0.4, -0.2) is 42.8 Å². The number of aromatic hydroxyl groups is 1. The van der Waals surface area contributed by atoms with Crippen molar-refractivity contribution in [3.8, 4) is 11.5 Å². The number of benzene rings is 1. The Kier molecular flexibility index (Phi) is 6.33. The number of phenols is 1. The van der Waals surface area contributed by atoms with Crippen molar-refractivity contribution in [2.75, 3.05) is 32.8 Å². The zero-order valence-corrected chi connectivity index (χ0v) is 13.3. The molecule has 1 fully saturated rings. The van der Waals surface area contributed by atoms with Crippen LogP contribution >= 0.6 is 0 Å². The van der Waals surface area contributed by atoms with E-state index in [1.807, 2.05) is 25.1 Å². The highest BCUT2D eigenvalue weighted by molar-refractivity contribution is 5.45. The first-order chi connectivity index (χ1) is 10.2. The number of hydrogen-bond acceptors (Lipinski definition) is 4. The molecule has 0 bridgehead atoms. The van der Waals surface area contributed by atoms with Gasteiger partial charge in [0.15, 0.2) is 11.5 Å². The van der Waals surface area contributed by atoms with Crippen LogP contribution in [0.25, 0.3) is 0 Å². The first kappa shape index (κ1) is 16.1. The van der Waals surface area contributed by atoms with E-state index in [1.165, 1.54) is 12.8 Å². The first-order valence-corrected chi connectivity index (χ1v) is 8.11. The summed E-state index contributed by atoms with van der Waals surface area (Å²) in [4.78, 5) is 2.42. The highest BCUT2D eigenvalue weighted by Gasteiger charge is 2.20. The molecule has 1 aromatic rings. The fourth-order valence-electron chi connectivity index (χ4n) is 2.91. The van der Waals surface area contributed by atoms with Gasteiger partial charge in [0.05, 0.1) is 6.61 Å². The van der Waals surface area contributed by atoms with Crippen molar-refractivity contribution >= 4 is 0 Å². The Hall–Kier alpha value is -1.26. The third kappa shape index (κ3) is 4.61. The molecule has 1 aromatic carbocycles. The predicted molar refractivity (Wildman–Crippen MR) is 85.8 cm³/mol. The third-order valence-electron chi connectivity index (χ3n) is 4.17. The van der Waals surface area contributed by atoms with E-state index in [-0.39, 0.29) is 0 Å². The molecular formula is C17H28N2O2. The molecule has 0 atom stereocenters. The number of nitrogens with zero attached hydrogens (tertiary/aromatic N) is 1. The van der Waals surface area contributed by atoms with Gasteiger partial charge in [-0.2, -0.15) is 0 Å². The molecule has 0 amide bonds. The van der Waals surface area contributed by atoms with Crippen molar-refractivity contribution in [1.29, 1.82) is 0 Å². The van der Waals surface area contributed by atoms with Gasteiger partial charge in [0, 0.05) is 12.1 Å². The molecule has 1 heterocycles. The maximum absolute atomic E-state index is 10.3. The second-order valence-corrected chi connectivity index (χ2v) is 5.72. The predicted octanol–water partition coefficient (Wildman–Crippen LogP) is 2.61. The number of hydrogen-bond donors (Lipinski definition) is 2. The lowest BCUT2D eigenvalue weighted by Crippen LogP contribution is -2.36. The zero-order valence-electron chi connectivity index (χ0n) is 13.3. The topological polar surface area (TPSA) is 44.7 Å². The van der Waals surface area contributed by atoms with Crippen molar-refractivity contribution in [3.63, 3.8) is 0 Å². The van der Waals surface area contributed by atoms with Gasteiger partial charge in [-0.3, -0.25) is 4.90 Å². The van der Waals surface area contributed by atoms with E-state index in [0.717, 1.165) is 44.2 Å². The lowest BCUT2D eigenvalue weighted by molar-refractivity contribution is 0.174. The molecule has 0 aliphatic carbocycles. The molecule has 0 radical (unpaired) electrons. The molecule has 4 heteroatoms. The van der Waals surface area contributed by atoms with Crippen LogP contribution in [0.15, 0.2) is 18.2 Å². The van der Waals surface area contributed by atoms with Crippen LogP contribution in [0.5, 0.6) is 11.5 Å². The molecule has 0 spiro atoms. The van der Waals surface area contributed by atoms with Crippen LogP contribution in [0.3, 0.4) is 0 Å². The van der Waals surface area contributed by atoms with E-state index < -0.39 is 0 Å². The van der Waals surface area contributed by atoms with Crippen LogP contribution in [-0.2, 0) is 6.54 Å². The van der Waals surface area contributed by atoms with Crippen LogP contribution < -0.4 is 10.1 Å². The quantitative estimate of drug-likeness (QED) is 0.811. The summed E-state index contributed by atoms with van der Waals surface area (Å²) < 4.78 is 5.45. The van der Waals surface area contributed by atoms with Gasteiger partial charge < -0.3 is 15.2 Å². The lowest BCUT2D eigenvalue weighted by atomic mass is 9.96. The standard InChI is InChI=1S/C17H28N2O2/c1-3-18-12-14-8-10-19(11-9-14)13-15-6-5-7-16(17(15)20)21-4-2/h5-7,14,18,20H,3-4,8-13H2,1-2H3. The summed E-state index contributed by atoms with van der Waals surface area (Å²) in [6.45, 7) is 9.87. The minimum Gasteiger partial charge on any atom is -0.504 e. The van der Waals surface area contributed by atoms with Gasteiger partial charge in [0.25, 0.3) is 0 Å². The van der Waals surface area contributed by atoms with Crippen molar-refractivity contribution < 1.29 is 9.84 Å². The van der Waals surface area contributed by atoms with Gasteiger partial charge in [0.1, 0.15) is 0 Å². The molecule has 4 nitrogen and oxygen atoms in total. The minimum absolute atomic E-state index is 0.300. The van der Waals surface area contributed by atoms with Gasteiger partial charge >= 0.3 is 0 Å². The Bertz CT molecular complexity index is 429. The van der Waals surface area contributed by atoms with Gasteiger partial charge in [-0.15, -0.1) is 0 Å². The van der Waals surface area contributed by atoms with Gasteiger partial charge in [-0.1, -0.05) is 19.1 Å². The second-order valence-electron chi connectivity index (χ2n) is 5.72. The molecule has 0 saturated carbocycles. The van der Waals surface area contributed by atoms with Crippen LogP contribution in [0.2, 0.25) is 0 Å². The number of ether oxygens (including phenoxy) is 1. The van der Waals surface area contributed by atoms with E-state index in [9.17, 15) is 5.11 Å². The molecule has 0 aromatic heterocycles. The molecule has 2 rings (SSSR count). The van der Waals surface area contributed by atoms with Gasteiger partial charge in [-0.25, -0.2) is 0 Å². The second kappa shape index (κ2) is 8.25. The number of piperidine rings is 1. The summed E-state index contributed by atoms with van der Waals surface area (Å²) in [5, 5.41) is 13.7. The number of para-hydroxylation sites is 1. The highest BCUT2D eigenvalue weighted by atomic mass is 16.5. The monoisotopic (exact) mass is 292 g/mol. The highest BCUT2D eigenvalue weighted by Crippen LogP contribution is 2.31. The smallest absolute Gasteiger partial charge is 0.162 e. The molecule has 1 aliphatic heterocycles. The Labute approximate surface area is 128 Å². The number of rotatable bonds is 7. The summed E-state index contributed by atoms with van der Waals surface area (Å²) in [5.74, 6) is 1.69. The molecule has 0 unspecified atom stereocenters. The van der Waals surface area contributed by atoms with E-state index in [4.69, 9.17) is 4.74 Å². The normalized spacial score (nSPS) is 17.0. The maximum Gasteiger partial charge on any atom is 0.162 e. The Morgan fingerprint density at radius 3 is 2.71 bits per heavy atom. The van der Waals surface area contributed by atoms with Crippen LogP contribution in [0.4, 0.5) is 0 Å². The lowest BCUT2D eigenvalue weighted by Gasteiger charge is -2.32. The first-order valence-electron chi connectivity index (χ1n) is 8.11. The third-order valence-corrected chi connectivity index (χ3v) is 4.17. The van der Waals surface area contributed by atoms with E-state index >= 15 is 0 Å². The SMILES string of the molecule is CCNCC1CCN(Cc2cccc(OCC)c2O)CC1. The molecular weight excluding hydrogens is 264 g/mol. The Morgan fingerprint density at radius 1 is 1.29 bits per heavy atom. The van der Waals surface area contributed by atoms with Crippen molar-refractivity contribution in [2.24, 2.45) is 5.92 Å². The maximum atomic E-state index is 10.3. The van der Waals surface area contributed by atoms with Crippen molar-refractivity contribution in [3.05, 3.63) is 23.8 Å². The zero-order chi connectivity index (χ0) is 15.1. The van der Waals surface area contributed by atoms with Gasteiger partial charge in [0.2, 0.25) is 0 Å². The summed E-state index contributed by atoms with van der Waals surface area (Å²) >= 11 is 0. The van der Waals surface area contributed by atoms with Crippen molar-refractivity contribution in [2.45, 2.75) is 33.2 Å². The average Bonchev–Trinajstić information content (AvgIpc) is 2.51. The van der Waals surface area contributed by atoms with Crippen LogP contribution in [0.1, 0.15) is 32.3 Å². The molecule has 118 valence electrons. The van der Waals surface area contributed by atoms with Gasteiger partial charge in [-0.05, 0) is 57.9 Å². The van der Waals surface area contributed by atoms with E-state index in [0.29, 0.717) is 18.1 Å². The number of likely N-dealkylation sites (tertiary alicyclic amines) is 1. The molecule has 1 aliphatic rings. The van der Waals surface area contributed by atoms with E-state index in [2.05, 4.69) is 17.1 Å². The fourth-order valence-corrected chi connectivity index (χ4v) is 2.91. The molecule has 21 heavy (non-hydrogen) atoms. The Morgan fingerprint density at radius 2 is 2.05 bits per heavy atom. The summed E-state index contributed by atoms with van der Waals surface area (Å²) in [7, 11) is 0. The molecule has 2 N–H and O–H groups in total. The number of nitrogens with one attached hydrogen (secondary N) is 1. The summed E-state index contributed by atoms with van der Waals surface area (Å²) in [6, 6.07) is 5.77.